The number of hydrogen-bond acceptors (Lipinski definition) is 6. The SMILES string of the molecule is CCCCCOc1ccc(C(=O)NC(=S)Nc2ccc([N+](=O)[O-])cc2OC)cc1. The van der Waals surface area contributed by atoms with Crippen molar-refractivity contribution in [3.8, 4) is 11.5 Å². The minimum Gasteiger partial charge on any atom is -0.494 e. The Balaban J connectivity index is 1.93. The predicted molar refractivity (Wildman–Crippen MR) is 115 cm³/mol. The molecule has 0 bridgehead atoms. The maximum atomic E-state index is 12.4. The van der Waals surface area contributed by atoms with E-state index in [0.717, 1.165) is 19.3 Å². The summed E-state index contributed by atoms with van der Waals surface area (Å²) < 4.78 is 10.8. The van der Waals surface area contributed by atoms with Gasteiger partial charge in [-0.3, -0.25) is 20.2 Å². The van der Waals surface area contributed by atoms with E-state index in [0.29, 0.717) is 23.6 Å². The molecule has 1 amide bonds. The molecule has 2 rings (SSSR count). The Morgan fingerprint density at radius 1 is 1.17 bits per heavy atom. The molecule has 0 aliphatic heterocycles. The molecule has 0 aromatic heterocycles. The number of non-ortho nitro benzene ring substituents is 1. The first-order valence-corrected chi connectivity index (χ1v) is 9.53. The zero-order valence-electron chi connectivity index (χ0n) is 16.3. The third kappa shape index (κ3) is 6.72. The second-order valence-electron chi connectivity index (χ2n) is 6.13. The maximum absolute atomic E-state index is 12.4. The van der Waals surface area contributed by atoms with E-state index in [9.17, 15) is 14.9 Å². The van der Waals surface area contributed by atoms with Crippen molar-refractivity contribution in [3.63, 3.8) is 0 Å². The Morgan fingerprint density at radius 2 is 1.90 bits per heavy atom. The summed E-state index contributed by atoms with van der Waals surface area (Å²) in [6.45, 7) is 2.77. The first kappa shape index (κ1) is 22.1. The normalized spacial score (nSPS) is 10.1. The molecule has 0 radical (unpaired) electrons. The van der Waals surface area contributed by atoms with Gasteiger partial charge in [0.15, 0.2) is 5.11 Å². The van der Waals surface area contributed by atoms with Gasteiger partial charge < -0.3 is 14.8 Å². The fourth-order valence-electron chi connectivity index (χ4n) is 2.47. The summed E-state index contributed by atoms with van der Waals surface area (Å²) in [5.74, 6) is 0.551. The van der Waals surface area contributed by atoms with Crippen LogP contribution in [-0.2, 0) is 0 Å². The number of unbranched alkanes of at least 4 members (excludes halogenated alkanes) is 2. The lowest BCUT2D eigenvalue weighted by Crippen LogP contribution is -2.34. The second-order valence-corrected chi connectivity index (χ2v) is 6.54. The molecule has 8 nitrogen and oxygen atoms in total. The number of nitro groups is 1. The van der Waals surface area contributed by atoms with E-state index >= 15 is 0 Å². The van der Waals surface area contributed by atoms with Crippen LogP contribution in [-0.4, -0.2) is 29.7 Å². The largest absolute Gasteiger partial charge is 0.494 e. The van der Waals surface area contributed by atoms with Crippen LogP contribution in [0.25, 0.3) is 0 Å². The number of hydrogen-bond donors (Lipinski definition) is 2. The molecule has 2 aromatic carbocycles. The Morgan fingerprint density at radius 3 is 2.52 bits per heavy atom. The van der Waals surface area contributed by atoms with E-state index in [4.69, 9.17) is 21.7 Å². The minimum absolute atomic E-state index is 0.0436. The molecule has 2 N–H and O–H groups in total. The number of thiocarbonyl (C=S) groups is 1. The number of nitrogens with zero attached hydrogens (tertiary/aromatic N) is 1. The number of amides is 1. The number of nitro benzene ring substituents is 1. The van der Waals surface area contributed by atoms with Crippen LogP contribution in [0, 0.1) is 10.1 Å². The molecule has 0 fully saturated rings. The van der Waals surface area contributed by atoms with Gasteiger partial charge in [-0.25, -0.2) is 0 Å². The fraction of sp³-hybridized carbons (Fsp3) is 0.300. The average Bonchev–Trinajstić information content (AvgIpc) is 2.71. The van der Waals surface area contributed by atoms with Crippen LogP contribution >= 0.6 is 12.2 Å². The summed E-state index contributed by atoms with van der Waals surface area (Å²) in [5.41, 5.74) is 0.712. The number of rotatable bonds is 9. The van der Waals surface area contributed by atoms with E-state index in [2.05, 4.69) is 17.6 Å². The predicted octanol–water partition coefficient (Wildman–Crippen LogP) is 4.30. The van der Waals surface area contributed by atoms with Gasteiger partial charge in [0.25, 0.3) is 11.6 Å². The van der Waals surface area contributed by atoms with Gasteiger partial charge in [0, 0.05) is 11.6 Å². The van der Waals surface area contributed by atoms with E-state index in [-0.39, 0.29) is 22.5 Å². The number of methoxy groups -OCH3 is 1. The lowest BCUT2D eigenvalue weighted by Gasteiger charge is -2.13. The van der Waals surface area contributed by atoms with Gasteiger partial charge >= 0.3 is 0 Å². The van der Waals surface area contributed by atoms with Crippen molar-refractivity contribution in [2.45, 2.75) is 26.2 Å². The fourth-order valence-corrected chi connectivity index (χ4v) is 2.67. The van der Waals surface area contributed by atoms with Crippen LogP contribution in [0.2, 0.25) is 0 Å². The van der Waals surface area contributed by atoms with Crippen molar-refractivity contribution in [2.75, 3.05) is 19.0 Å². The molecular weight excluding hydrogens is 394 g/mol. The van der Waals surface area contributed by atoms with E-state index < -0.39 is 4.92 Å². The van der Waals surface area contributed by atoms with Gasteiger partial charge in [-0.1, -0.05) is 19.8 Å². The first-order valence-electron chi connectivity index (χ1n) is 9.12. The molecular formula is C20H23N3O5S. The maximum Gasteiger partial charge on any atom is 0.273 e. The Hall–Kier alpha value is -3.20. The summed E-state index contributed by atoms with van der Waals surface area (Å²) in [4.78, 5) is 22.7. The molecule has 0 saturated heterocycles. The molecule has 0 heterocycles. The van der Waals surface area contributed by atoms with Gasteiger partial charge in [-0.05, 0) is 49.0 Å². The number of benzene rings is 2. The average molecular weight is 417 g/mol. The van der Waals surface area contributed by atoms with Crippen LogP contribution in [0.4, 0.5) is 11.4 Å². The molecule has 0 aliphatic rings. The number of ether oxygens (including phenoxy) is 2. The Kier molecular flexibility index (Phi) is 8.35. The summed E-state index contributed by atoms with van der Waals surface area (Å²) >= 11 is 5.15. The third-order valence-corrected chi connectivity index (χ3v) is 4.21. The summed E-state index contributed by atoms with van der Waals surface area (Å²) in [7, 11) is 1.39. The van der Waals surface area contributed by atoms with Gasteiger partial charge in [0.05, 0.1) is 30.4 Å². The second kappa shape index (κ2) is 11.0. The van der Waals surface area contributed by atoms with Crippen molar-refractivity contribution in [1.82, 2.24) is 5.32 Å². The highest BCUT2D eigenvalue weighted by Crippen LogP contribution is 2.28. The first-order chi connectivity index (χ1) is 13.9. The van der Waals surface area contributed by atoms with Gasteiger partial charge in [-0.2, -0.15) is 0 Å². The lowest BCUT2D eigenvalue weighted by molar-refractivity contribution is -0.384. The summed E-state index contributed by atoms with van der Waals surface area (Å²) in [5, 5.41) is 16.3. The van der Waals surface area contributed by atoms with E-state index in [1.807, 2.05) is 0 Å². The van der Waals surface area contributed by atoms with Crippen LogP contribution in [0.1, 0.15) is 36.5 Å². The molecule has 0 aliphatic carbocycles. The number of carbonyl (C=O) groups excluding carboxylic acids is 1. The zero-order valence-corrected chi connectivity index (χ0v) is 17.1. The number of anilines is 1. The van der Waals surface area contributed by atoms with Crippen molar-refractivity contribution in [3.05, 3.63) is 58.1 Å². The molecule has 154 valence electrons. The molecule has 9 heteroatoms. The minimum atomic E-state index is -0.524. The lowest BCUT2D eigenvalue weighted by atomic mass is 10.2. The molecule has 0 unspecified atom stereocenters. The topological polar surface area (TPSA) is 103 Å². The van der Waals surface area contributed by atoms with Crippen LogP contribution in [0.15, 0.2) is 42.5 Å². The third-order valence-electron chi connectivity index (χ3n) is 4.00. The van der Waals surface area contributed by atoms with Crippen LogP contribution in [0.5, 0.6) is 11.5 Å². The standard InChI is InChI=1S/C20H23N3O5S/c1-3-4-5-12-28-16-9-6-14(7-10-16)19(24)22-20(29)21-17-11-8-15(23(25)26)13-18(17)27-2/h6-11,13H,3-5,12H2,1-2H3,(H2,21,22,24,29). The Bertz CT molecular complexity index is 871. The molecule has 2 aromatic rings. The van der Waals surface area contributed by atoms with Crippen molar-refractivity contribution >= 4 is 34.6 Å². The van der Waals surface area contributed by atoms with E-state index in [1.54, 1.807) is 24.3 Å². The van der Waals surface area contributed by atoms with Gasteiger partial charge in [-0.15, -0.1) is 0 Å². The molecule has 29 heavy (non-hydrogen) atoms. The van der Waals surface area contributed by atoms with E-state index in [1.165, 1.54) is 25.3 Å². The zero-order chi connectivity index (χ0) is 21.2. The number of carbonyl (C=O) groups is 1. The quantitative estimate of drug-likeness (QED) is 0.271. The van der Waals surface area contributed by atoms with Crippen molar-refractivity contribution < 1.29 is 19.2 Å². The molecule has 0 atom stereocenters. The summed E-state index contributed by atoms with van der Waals surface area (Å²) in [6.07, 6.45) is 3.23. The highest BCUT2D eigenvalue weighted by Gasteiger charge is 2.14. The molecule has 0 saturated carbocycles. The smallest absolute Gasteiger partial charge is 0.273 e. The highest BCUT2D eigenvalue weighted by molar-refractivity contribution is 7.80. The summed E-state index contributed by atoms with van der Waals surface area (Å²) in [6, 6.07) is 10.8. The van der Waals surface area contributed by atoms with Crippen LogP contribution < -0.4 is 20.1 Å². The van der Waals surface area contributed by atoms with Gasteiger partial charge in [0.1, 0.15) is 11.5 Å². The van der Waals surface area contributed by atoms with Gasteiger partial charge in [0.2, 0.25) is 0 Å². The molecule has 0 spiro atoms. The van der Waals surface area contributed by atoms with Crippen molar-refractivity contribution in [1.29, 1.82) is 0 Å². The number of nitrogens with one attached hydrogen (secondary N) is 2. The monoisotopic (exact) mass is 417 g/mol. The Labute approximate surface area is 174 Å². The van der Waals surface area contributed by atoms with Crippen molar-refractivity contribution in [2.24, 2.45) is 0 Å². The van der Waals surface area contributed by atoms with Crippen LogP contribution in [0.3, 0.4) is 0 Å². The highest BCUT2D eigenvalue weighted by atomic mass is 32.1.